The van der Waals surface area contributed by atoms with Crippen molar-refractivity contribution in [2.24, 2.45) is 4.99 Å². The van der Waals surface area contributed by atoms with Crippen molar-refractivity contribution in [1.29, 1.82) is 0 Å². The van der Waals surface area contributed by atoms with Gasteiger partial charge in [-0.05, 0) is 37.1 Å². The summed E-state index contributed by atoms with van der Waals surface area (Å²) in [7, 11) is 0. The number of aromatic nitrogens is 1. The SMILES string of the molecule is C=CC1=C(N=C)/C(=C2\C(C=C)=C(C=C)Oc3cccnc32)c2ccccc2O1. The molecule has 3 heterocycles. The van der Waals surface area contributed by atoms with Crippen molar-refractivity contribution in [3.05, 3.63) is 115 Å². The summed E-state index contributed by atoms with van der Waals surface area (Å²) in [6, 6.07) is 11.5. The molecule has 28 heavy (non-hydrogen) atoms. The van der Waals surface area contributed by atoms with Crippen LogP contribution >= 0.6 is 0 Å². The molecular weight excluding hydrogens is 348 g/mol. The number of ether oxygens (including phenoxy) is 2. The summed E-state index contributed by atoms with van der Waals surface area (Å²) in [5.74, 6) is 2.48. The van der Waals surface area contributed by atoms with Crippen molar-refractivity contribution in [2.75, 3.05) is 0 Å². The third-order valence-corrected chi connectivity index (χ3v) is 4.59. The number of nitrogens with zero attached hydrogens (tertiary/aromatic N) is 2. The van der Waals surface area contributed by atoms with Crippen molar-refractivity contribution in [2.45, 2.75) is 0 Å². The van der Waals surface area contributed by atoms with E-state index in [4.69, 9.17) is 9.47 Å². The van der Waals surface area contributed by atoms with Gasteiger partial charge in [0.1, 0.15) is 22.9 Å². The van der Waals surface area contributed by atoms with Gasteiger partial charge in [-0.2, -0.15) is 0 Å². The quantitative estimate of drug-likeness (QED) is 0.671. The van der Waals surface area contributed by atoms with Gasteiger partial charge >= 0.3 is 0 Å². The van der Waals surface area contributed by atoms with Gasteiger partial charge in [0.2, 0.25) is 0 Å². The molecule has 2 aliphatic heterocycles. The lowest BCUT2D eigenvalue weighted by Crippen LogP contribution is -2.14. The highest BCUT2D eigenvalue weighted by molar-refractivity contribution is 6.08. The van der Waals surface area contributed by atoms with Gasteiger partial charge in [-0.15, -0.1) is 0 Å². The average Bonchev–Trinajstić information content (AvgIpc) is 2.76. The number of pyridine rings is 1. The molecule has 0 atom stereocenters. The van der Waals surface area contributed by atoms with Crippen LogP contribution in [0.25, 0.3) is 11.1 Å². The first-order valence-electron chi connectivity index (χ1n) is 8.71. The summed E-state index contributed by atoms with van der Waals surface area (Å²) in [5.41, 5.74) is 4.61. The molecule has 0 spiro atoms. The van der Waals surface area contributed by atoms with E-state index in [9.17, 15) is 0 Å². The number of para-hydroxylation sites is 1. The van der Waals surface area contributed by atoms with E-state index in [0.29, 0.717) is 34.4 Å². The number of fused-ring (bicyclic) bond motifs is 2. The Morgan fingerprint density at radius 2 is 1.54 bits per heavy atom. The van der Waals surface area contributed by atoms with Gasteiger partial charge in [-0.3, -0.25) is 9.98 Å². The predicted molar refractivity (Wildman–Crippen MR) is 113 cm³/mol. The Hall–Kier alpha value is -3.92. The summed E-state index contributed by atoms with van der Waals surface area (Å²) >= 11 is 0. The number of benzene rings is 1. The monoisotopic (exact) mass is 366 g/mol. The van der Waals surface area contributed by atoms with Gasteiger partial charge in [0.15, 0.2) is 11.5 Å². The van der Waals surface area contributed by atoms with Gasteiger partial charge in [-0.1, -0.05) is 44.0 Å². The van der Waals surface area contributed by atoms with Crippen LogP contribution in [0.2, 0.25) is 0 Å². The van der Waals surface area contributed by atoms with E-state index < -0.39 is 0 Å². The predicted octanol–water partition coefficient (Wildman–Crippen LogP) is 5.50. The van der Waals surface area contributed by atoms with Crippen LogP contribution < -0.4 is 9.47 Å². The zero-order valence-electron chi connectivity index (χ0n) is 15.3. The maximum atomic E-state index is 6.00. The van der Waals surface area contributed by atoms with Crippen LogP contribution in [0, 0.1) is 0 Å². The zero-order chi connectivity index (χ0) is 19.7. The smallest absolute Gasteiger partial charge is 0.153 e. The van der Waals surface area contributed by atoms with E-state index in [1.807, 2.05) is 36.4 Å². The lowest BCUT2D eigenvalue weighted by Gasteiger charge is -2.28. The van der Waals surface area contributed by atoms with Gasteiger partial charge < -0.3 is 9.47 Å². The van der Waals surface area contributed by atoms with Crippen LogP contribution in [0.1, 0.15) is 11.3 Å². The Labute approximate surface area is 163 Å². The molecule has 0 fully saturated rings. The largest absolute Gasteiger partial charge is 0.454 e. The molecule has 4 heteroatoms. The van der Waals surface area contributed by atoms with Gasteiger partial charge in [-0.25, -0.2) is 0 Å². The lowest BCUT2D eigenvalue weighted by atomic mass is 9.86. The Kier molecular flexibility index (Phi) is 4.38. The van der Waals surface area contributed by atoms with Gasteiger partial charge in [0.25, 0.3) is 0 Å². The Morgan fingerprint density at radius 1 is 0.821 bits per heavy atom. The van der Waals surface area contributed by atoms with E-state index >= 15 is 0 Å². The lowest BCUT2D eigenvalue weighted by molar-refractivity contribution is 0.430. The Balaban J connectivity index is 2.21. The molecular formula is C24H18N2O2. The molecule has 4 nitrogen and oxygen atoms in total. The normalized spacial score (nSPS) is 17.7. The highest BCUT2D eigenvalue weighted by Crippen LogP contribution is 2.49. The second-order valence-corrected chi connectivity index (χ2v) is 6.06. The number of hydrogen-bond donors (Lipinski definition) is 0. The highest BCUT2D eigenvalue weighted by Gasteiger charge is 2.32. The molecule has 0 amide bonds. The van der Waals surface area contributed by atoms with Gasteiger partial charge in [0, 0.05) is 28.5 Å². The van der Waals surface area contributed by atoms with Crippen molar-refractivity contribution in [1.82, 2.24) is 4.98 Å². The van der Waals surface area contributed by atoms with E-state index in [1.165, 1.54) is 0 Å². The van der Waals surface area contributed by atoms with E-state index in [1.54, 1.807) is 24.4 Å². The van der Waals surface area contributed by atoms with E-state index in [0.717, 1.165) is 22.3 Å². The minimum absolute atomic E-state index is 0.531. The Morgan fingerprint density at radius 3 is 2.25 bits per heavy atom. The maximum Gasteiger partial charge on any atom is 0.153 e. The molecule has 0 N–H and O–H groups in total. The average molecular weight is 366 g/mol. The third-order valence-electron chi connectivity index (χ3n) is 4.59. The minimum Gasteiger partial charge on any atom is -0.454 e. The molecule has 2 aromatic rings. The first kappa shape index (κ1) is 17.5. The molecule has 0 saturated carbocycles. The fraction of sp³-hybridized carbons (Fsp3) is 0. The number of hydrogen-bond acceptors (Lipinski definition) is 4. The number of aliphatic imine (C=N–C) groups is 1. The standard InChI is InChI=1S/C24H18N2O2/c1-5-15-17(6-2)27-20-13-10-14-26-24(20)21(15)22-16-11-8-9-12-19(16)28-18(7-3)23(22)25-4/h5-14H,1-4H2/b22-21+. The first-order valence-corrected chi connectivity index (χ1v) is 8.71. The van der Waals surface area contributed by atoms with Crippen LogP contribution in [0.4, 0.5) is 0 Å². The molecule has 0 unspecified atom stereocenters. The zero-order valence-corrected chi connectivity index (χ0v) is 15.3. The number of rotatable bonds is 4. The van der Waals surface area contributed by atoms with Gasteiger partial charge in [0.05, 0.1) is 0 Å². The molecule has 4 rings (SSSR count). The van der Waals surface area contributed by atoms with Crippen molar-refractivity contribution < 1.29 is 9.47 Å². The van der Waals surface area contributed by atoms with Crippen LogP contribution in [0.5, 0.6) is 11.5 Å². The Bertz CT molecular complexity index is 1040. The van der Waals surface area contributed by atoms with Crippen molar-refractivity contribution in [3.8, 4) is 11.5 Å². The van der Waals surface area contributed by atoms with Crippen molar-refractivity contribution >= 4 is 17.9 Å². The van der Waals surface area contributed by atoms with Crippen LogP contribution in [0.15, 0.2) is 108 Å². The van der Waals surface area contributed by atoms with Crippen LogP contribution in [0.3, 0.4) is 0 Å². The molecule has 2 aliphatic rings. The minimum atomic E-state index is 0.531. The summed E-state index contributed by atoms with van der Waals surface area (Å²) in [6.07, 6.45) is 6.76. The first-order chi connectivity index (χ1) is 13.7. The fourth-order valence-electron chi connectivity index (χ4n) is 3.42. The second kappa shape index (κ2) is 7.00. The fourth-order valence-corrected chi connectivity index (χ4v) is 3.42. The van der Waals surface area contributed by atoms with Crippen molar-refractivity contribution in [3.63, 3.8) is 0 Å². The second-order valence-electron chi connectivity index (χ2n) is 6.06. The molecule has 0 saturated heterocycles. The molecule has 1 aromatic heterocycles. The maximum absolute atomic E-state index is 6.00. The highest BCUT2D eigenvalue weighted by atomic mass is 16.5. The molecule has 1 aromatic carbocycles. The molecule has 0 bridgehead atoms. The molecule has 0 aliphatic carbocycles. The van der Waals surface area contributed by atoms with Crippen LogP contribution in [-0.2, 0) is 0 Å². The summed E-state index contributed by atoms with van der Waals surface area (Å²) in [4.78, 5) is 8.86. The summed E-state index contributed by atoms with van der Waals surface area (Å²) in [5, 5.41) is 0. The summed E-state index contributed by atoms with van der Waals surface area (Å²) < 4.78 is 12.0. The molecule has 136 valence electrons. The van der Waals surface area contributed by atoms with E-state index in [-0.39, 0.29) is 0 Å². The third kappa shape index (κ3) is 2.55. The molecule has 0 radical (unpaired) electrons. The topological polar surface area (TPSA) is 43.7 Å². The van der Waals surface area contributed by atoms with E-state index in [2.05, 4.69) is 36.4 Å². The summed E-state index contributed by atoms with van der Waals surface area (Å²) in [6.45, 7) is 15.5. The number of allylic oxidation sites excluding steroid dienone is 6. The van der Waals surface area contributed by atoms with Crippen LogP contribution in [-0.4, -0.2) is 11.7 Å².